The first-order valence-electron chi connectivity index (χ1n) is 7.30. The lowest BCUT2D eigenvalue weighted by Crippen LogP contribution is -2.51. The number of hydrogen-bond acceptors (Lipinski definition) is 3. The van der Waals surface area contributed by atoms with Gasteiger partial charge in [0.25, 0.3) is 0 Å². The van der Waals surface area contributed by atoms with E-state index in [9.17, 15) is 0 Å². The third-order valence-corrected chi connectivity index (χ3v) is 4.00. The van der Waals surface area contributed by atoms with Gasteiger partial charge in [-0.2, -0.15) is 0 Å². The van der Waals surface area contributed by atoms with Gasteiger partial charge in [0.15, 0.2) is 0 Å². The Morgan fingerprint density at radius 3 is 2.76 bits per heavy atom. The van der Waals surface area contributed by atoms with Crippen LogP contribution in [0, 0.1) is 0 Å². The van der Waals surface area contributed by atoms with Gasteiger partial charge < -0.3 is 10.2 Å². The van der Waals surface area contributed by atoms with Gasteiger partial charge in [-0.3, -0.25) is 4.90 Å². The highest BCUT2D eigenvalue weighted by Gasteiger charge is 2.25. The van der Waals surface area contributed by atoms with Crippen molar-refractivity contribution in [2.45, 2.75) is 51.6 Å². The first-order chi connectivity index (χ1) is 8.19. The normalized spacial score (nSPS) is 24.2. The van der Waals surface area contributed by atoms with Crippen molar-refractivity contribution < 1.29 is 0 Å². The van der Waals surface area contributed by atoms with Gasteiger partial charge in [-0.25, -0.2) is 0 Å². The number of hydrogen-bond donors (Lipinski definition) is 1. The average Bonchev–Trinajstić information content (AvgIpc) is 2.33. The third-order valence-electron chi connectivity index (χ3n) is 4.00. The van der Waals surface area contributed by atoms with E-state index in [1.165, 1.54) is 38.8 Å². The van der Waals surface area contributed by atoms with E-state index in [0.29, 0.717) is 6.04 Å². The van der Waals surface area contributed by atoms with Gasteiger partial charge in [0.2, 0.25) is 0 Å². The van der Waals surface area contributed by atoms with E-state index in [0.717, 1.165) is 19.1 Å². The zero-order valence-corrected chi connectivity index (χ0v) is 12.2. The van der Waals surface area contributed by atoms with E-state index in [4.69, 9.17) is 0 Å². The fraction of sp³-hybridized carbons (Fsp3) is 1.00. The molecule has 102 valence electrons. The van der Waals surface area contributed by atoms with Crippen LogP contribution in [0.5, 0.6) is 0 Å². The van der Waals surface area contributed by atoms with Crippen molar-refractivity contribution in [2.75, 3.05) is 40.3 Å². The standard InChI is InChI=1S/C14H31N3/c1-5-8-13(11-15-6-2)17(4)14-9-7-10-16(3)12-14/h13-15H,5-12H2,1-4H3. The highest BCUT2D eigenvalue weighted by molar-refractivity contribution is 4.82. The van der Waals surface area contributed by atoms with Crippen LogP contribution in [0.4, 0.5) is 0 Å². The van der Waals surface area contributed by atoms with Gasteiger partial charge in [-0.05, 0) is 46.4 Å². The lowest BCUT2D eigenvalue weighted by molar-refractivity contribution is 0.0937. The monoisotopic (exact) mass is 241 g/mol. The molecule has 1 saturated heterocycles. The first-order valence-corrected chi connectivity index (χ1v) is 7.30. The van der Waals surface area contributed by atoms with Gasteiger partial charge >= 0.3 is 0 Å². The minimum absolute atomic E-state index is 0.705. The molecule has 2 atom stereocenters. The summed E-state index contributed by atoms with van der Waals surface area (Å²) < 4.78 is 0. The summed E-state index contributed by atoms with van der Waals surface area (Å²) in [6.45, 7) is 9.22. The molecule has 0 aromatic heterocycles. The Bertz CT molecular complexity index is 196. The summed E-state index contributed by atoms with van der Waals surface area (Å²) in [5.74, 6) is 0. The summed E-state index contributed by atoms with van der Waals surface area (Å²) >= 11 is 0. The smallest absolute Gasteiger partial charge is 0.0223 e. The SMILES string of the molecule is CCCC(CNCC)N(C)C1CCCN(C)C1. The molecule has 0 spiro atoms. The first kappa shape index (κ1) is 14.9. The quantitative estimate of drug-likeness (QED) is 0.733. The largest absolute Gasteiger partial charge is 0.315 e. The van der Waals surface area contributed by atoms with Crippen LogP contribution in [0.3, 0.4) is 0 Å². The molecule has 0 amide bonds. The van der Waals surface area contributed by atoms with Crippen molar-refractivity contribution in [2.24, 2.45) is 0 Å². The molecule has 0 aromatic carbocycles. The van der Waals surface area contributed by atoms with E-state index in [1.54, 1.807) is 0 Å². The molecule has 0 radical (unpaired) electrons. The second-order valence-corrected chi connectivity index (χ2v) is 5.47. The predicted molar refractivity (Wildman–Crippen MR) is 75.5 cm³/mol. The number of nitrogens with one attached hydrogen (secondary N) is 1. The molecule has 1 aliphatic rings. The summed E-state index contributed by atoms with van der Waals surface area (Å²) in [5.41, 5.74) is 0. The Morgan fingerprint density at radius 2 is 2.18 bits per heavy atom. The van der Waals surface area contributed by atoms with E-state index in [1.807, 2.05) is 0 Å². The molecule has 2 unspecified atom stereocenters. The highest BCUT2D eigenvalue weighted by atomic mass is 15.2. The van der Waals surface area contributed by atoms with Crippen molar-refractivity contribution in [3.05, 3.63) is 0 Å². The predicted octanol–water partition coefficient (Wildman–Crippen LogP) is 1.79. The average molecular weight is 241 g/mol. The Kier molecular flexibility index (Phi) is 7.09. The van der Waals surface area contributed by atoms with Crippen LogP contribution in [-0.4, -0.2) is 62.2 Å². The zero-order chi connectivity index (χ0) is 12.7. The minimum atomic E-state index is 0.705. The number of likely N-dealkylation sites (N-methyl/N-ethyl adjacent to an activating group) is 3. The number of rotatable bonds is 7. The molecule has 3 nitrogen and oxygen atoms in total. The van der Waals surface area contributed by atoms with E-state index >= 15 is 0 Å². The fourth-order valence-electron chi connectivity index (χ4n) is 2.86. The topological polar surface area (TPSA) is 18.5 Å². The van der Waals surface area contributed by atoms with Crippen LogP contribution in [0.15, 0.2) is 0 Å². The number of piperidine rings is 1. The van der Waals surface area contributed by atoms with Gasteiger partial charge in [-0.1, -0.05) is 20.3 Å². The maximum atomic E-state index is 3.51. The molecule has 3 heteroatoms. The molecule has 0 saturated carbocycles. The van der Waals surface area contributed by atoms with Crippen LogP contribution in [0.2, 0.25) is 0 Å². The van der Waals surface area contributed by atoms with E-state index < -0.39 is 0 Å². The summed E-state index contributed by atoms with van der Waals surface area (Å²) in [5, 5.41) is 3.51. The lowest BCUT2D eigenvalue weighted by atomic mass is 10.0. The second kappa shape index (κ2) is 8.06. The van der Waals surface area contributed by atoms with Crippen LogP contribution < -0.4 is 5.32 Å². The second-order valence-electron chi connectivity index (χ2n) is 5.47. The van der Waals surface area contributed by atoms with E-state index in [-0.39, 0.29) is 0 Å². The fourth-order valence-corrected chi connectivity index (χ4v) is 2.86. The molecule has 1 rings (SSSR count). The molecule has 17 heavy (non-hydrogen) atoms. The summed E-state index contributed by atoms with van der Waals surface area (Å²) in [6.07, 6.45) is 5.31. The molecular weight excluding hydrogens is 210 g/mol. The van der Waals surface area contributed by atoms with Crippen molar-refractivity contribution in [3.8, 4) is 0 Å². The Hall–Kier alpha value is -0.120. The van der Waals surface area contributed by atoms with Gasteiger partial charge in [-0.15, -0.1) is 0 Å². The highest BCUT2D eigenvalue weighted by Crippen LogP contribution is 2.17. The van der Waals surface area contributed by atoms with E-state index in [2.05, 4.69) is 43.1 Å². The third kappa shape index (κ3) is 4.94. The molecule has 1 N–H and O–H groups in total. The Morgan fingerprint density at radius 1 is 1.41 bits per heavy atom. The van der Waals surface area contributed by atoms with Crippen molar-refractivity contribution in [3.63, 3.8) is 0 Å². The maximum Gasteiger partial charge on any atom is 0.0223 e. The number of likely N-dealkylation sites (tertiary alicyclic amines) is 1. The van der Waals surface area contributed by atoms with Crippen LogP contribution >= 0.6 is 0 Å². The Balaban J connectivity index is 2.46. The van der Waals surface area contributed by atoms with Crippen molar-refractivity contribution >= 4 is 0 Å². The van der Waals surface area contributed by atoms with Crippen LogP contribution in [0.1, 0.15) is 39.5 Å². The summed E-state index contributed by atoms with van der Waals surface area (Å²) in [7, 11) is 4.57. The summed E-state index contributed by atoms with van der Waals surface area (Å²) in [6, 6.07) is 1.46. The van der Waals surface area contributed by atoms with Crippen LogP contribution in [0.25, 0.3) is 0 Å². The molecule has 0 aliphatic carbocycles. The van der Waals surface area contributed by atoms with Crippen LogP contribution in [-0.2, 0) is 0 Å². The number of nitrogens with zero attached hydrogens (tertiary/aromatic N) is 2. The van der Waals surface area contributed by atoms with Gasteiger partial charge in [0.1, 0.15) is 0 Å². The summed E-state index contributed by atoms with van der Waals surface area (Å²) in [4.78, 5) is 5.10. The zero-order valence-electron chi connectivity index (χ0n) is 12.2. The Labute approximate surface area is 108 Å². The van der Waals surface area contributed by atoms with Gasteiger partial charge in [0, 0.05) is 25.2 Å². The van der Waals surface area contributed by atoms with Crippen molar-refractivity contribution in [1.82, 2.24) is 15.1 Å². The minimum Gasteiger partial charge on any atom is -0.315 e. The van der Waals surface area contributed by atoms with Crippen molar-refractivity contribution in [1.29, 1.82) is 0 Å². The molecule has 1 aliphatic heterocycles. The van der Waals surface area contributed by atoms with Gasteiger partial charge in [0.05, 0.1) is 0 Å². The molecule has 1 fully saturated rings. The molecule has 0 bridgehead atoms. The molecule has 1 heterocycles. The molecule has 0 aromatic rings. The molecular formula is C14H31N3. The maximum absolute atomic E-state index is 3.51. The lowest BCUT2D eigenvalue weighted by Gasteiger charge is -2.40.